The summed E-state index contributed by atoms with van der Waals surface area (Å²) < 4.78 is 5.17. The molecule has 0 bridgehead atoms. The second-order valence-corrected chi connectivity index (χ2v) is 7.86. The Morgan fingerprint density at radius 3 is 2.27 bits per heavy atom. The Kier molecular flexibility index (Phi) is 8.88. The van der Waals surface area contributed by atoms with Gasteiger partial charge in [-0.05, 0) is 52.6 Å². The van der Waals surface area contributed by atoms with Gasteiger partial charge in [-0.15, -0.1) is 0 Å². The molecule has 146 valence electrons. The van der Waals surface area contributed by atoms with Crippen molar-refractivity contribution in [3.63, 3.8) is 0 Å². The smallest absolute Gasteiger partial charge is 0.407 e. The molecule has 26 heavy (non-hydrogen) atoms. The molecule has 0 aliphatic carbocycles. The lowest BCUT2D eigenvalue weighted by atomic mass is 10.2. The molecule has 7 heteroatoms. The van der Waals surface area contributed by atoms with Gasteiger partial charge in [0.1, 0.15) is 5.60 Å². The summed E-state index contributed by atoms with van der Waals surface area (Å²) >= 11 is 5.92. The summed E-state index contributed by atoms with van der Waals surface area (Å²) in [6.07, 6.45) is -0.289. The van der Waals surface area contributed by atoms with Gasteiger partial charge in [0.25, 0.3) is 0 Å². The van der Waals surface area contributed by atoms with E-state index in [1.54, 1.807) is 25.7 Å². The topological polar surface area (TPSA) is 61.9 Å². The molecule has 0 atom stereocenters. The quantitative estimate of drug-likeness (QED) is 0.749. The number of hydrogen-bond donors (Lipinski definition) is 1. The second kappa shape index (κ2) is 10.4. The first kappa shape index (κ1) is 22.3. The highest BCUT2D eigenvalue weighted by Gasteiger charge is 2.18. The molecule has 0 spiro atoms. The first-order valence-electron chi connectivity index (χ1n) is 8.70. The number of benzene rings is 1. The molecule has 0 saturated heterocycles. The van der Waals surface area contributed by atoms with Crippen molar-refractivity contribution in [2.75, 3.05) is 33.7 Å². The van der Waals surface area contributed by atoms with Gasteiger partial charge in [-0.1, -0.05) is 23.7 Å². The molecule has 6 nitrogen and oxygen atoms in total. The zero-order chi connectivity index (χ0) is 19.7. The summed E-state index contributed by atoms with van der Waals surface area (Å²) in [5, 5.41) is 3.29. The minimum atomic E-state index is -0.555. The molecule has 0 radical (unpaired) electrons. The summed E-state index contributed by atoms with van der Waals surface area (Å²) in [5.74, 6) is -0.0159. The molecule has 0 aliphatic heterocycles. The Balaban J connectivity index is 2.57. The molecule has 0 heterocycles. The first-order valence-corrected chi connectivity index (χ1v) is 9.08. The second-order valence-electron chi connectivity index (χ2n) is 7.42. The number of halogens is 1. The van der Waals surface area contributed by atoms with Crippen molar-refractivity contribution in [1.82, 2.24) is 15.1 Å². The number of amides is 2. The van der Waals surface area contributed by atoms with Crippen LogP contribution in [0.15, 0.2) is 24.3 Å². The zero-order valence-corrected chi connectivity index (χ0v) is 17.1. The van der Waals surface area contributed by atoms with Crippen LogP contribution in [0.5, 0.6) is 0 Å². The van der Waals surface area contributed by atoms with E-state index in [9.17, 15) is 9.59 Å². The monoisotopic (exact) mass is 383 g/mol. The number of likely N-dealkylation sites (N-methyl/N-ethyl adjacent to an activating group) is 1. The Morgan fingerprint density at radius 1 is 1.12 bits per heavy atom. The lowest BCUT2D eigenvalue weighted by Crippen LogP contribution is -2.39. The van der Waals surface area contributed by atoms with Gasteiger partial charge in [0.2, 0.25) is 5.91 Å². The van der Waals surface area contributed by atoms with Crippen molar-refractivity contribution < 1.29 is 14.3 Å². The molecular weight excluding hydrogens is 354 g/mol. The van der Waals surface area contributed by atoms with Crippen molar-refractivity contribution in [2.24, 2.45) is 0 Å². The van der Waals surface area contributed by atoms with E-state index in [1.165, 1.54) is 0 Å². The van der Waals surface area contributed by atoms with E-state index in [0.29, 0.717) is 18.1 Å². The third kappa shape index (κ3) is 9.63. The average molecular weight is 384 g/mol. The Bertz CT molecular complexity index is 583. The lowest BCUT2D eigenvalue weighted by molar-refractivity contribution is -0.131. The molecule has 1 aromatic rings. The first-order chi connectivity index (χ1) is 12.1. The van der Waals surface area contributed by atoms with Gasteiger partial charge in [0.15, 0.2) is 0 Å². The number of hydrogen-bond acceptors (Lipinski definition) is 4. The van der Waals surface area contributed by atoms with Crippen molar-refractivity contribution in [3.05, 3.63) is 34.9 Å². The van der Waals surface area contributed by atoms with E-state index in [1.807, 2.05) is 43.3 Å². The molecule has 0 aromatic heterocycles. The minimum Gasteiger partial charge on any atom is -0.444 e. The number of nitrogens with zero attached hydrogens (tertiary/aromatic N) is 2. The van der Waals surface area contributed by atoms with Gasteiger partial charge in [0, 0.05) is 37.6 Å². The van der Waals surface area contributed by atoms with E-state index >= 15 is 0 Å². The average Bonchev–Trinajstić information content (AvgIpc) is 2.51. The molecule has 1 N–H and O–H groups in total. The number of alkyl carbamates (subject to hydrolysis) is 1. The third-order valence-corrected chi connectivity index (χ3v) is 3.72. The van der Waals surface area contributed by atoms with Crippen LogP contribution in [-0.4, -0.2) is 61.1 Å². The highest BCUT2D eigenvalue weighted by atomic mass is 35.5. The van der Waals surface area contributed by atoms with E-state index in [2.05, 4.69) is 5.32 Å². The van der Waals surface area contributed by atoms with Crippen molar-refractivity contribution in [3.8, 4) is 0 Å². The highest BCUT2D eigenvalue weighted by Crippen LogP contribution is 2.12. The number of carbonyl (C=O) groups is 2. The fourth-order valence-corrected chi connectivity index (χ4v) is 2.29. The maximum absolute atomic E-state index is 12.6. The predicted molar refractivity (Wildman–Crippen MR) is 104 cm³/mol. The van der Waals surface area contributed by atoms with Crippen LogP contribution in [0.4, 0.5) is 4.79 Å². The van der Waals surface area contributed by atoms with Crippen LogP contribution < -0.4 is 5.32 Å². The molecule has 0 fully saturated rings. The van der Waals surface area contributed by atoms with Gasteiger partial charge in [-0.25, -0.2) is 4.79 Å². The molecule has 0 aliphatic rings. The van der Waals surface area contributed by atoms with Crippen LogP contribution in [0.3, 0.4) is 0 Å². The number of carbonyl (C=O) groups excluding carboxylic acids is 2. The molecule has 1 rings (SSSR count). The predicted octanol–water partition coefficient (Wildman–Crippen LogP) is 3.15. The van der Waals surface area contributed by atoms with Gasteiger partial charge in [-0.2, -0.15) is 0 Å². The van der Waals surface area contributed by atoms with Gasteiger partial charge in [0.05, 0.1) is 0 Å². The SMILES string of the molecule is CN(C)CCN(Cc1ccc(Cl)cc1)C(=O)CCNC(=O)OC(C)(C)C. The summed E-state index contributed by atoms with van der Waals surface area (Å²) in [4.78, 5) is 28.1. The fraction of sp³-hybridized carbons (Fsp3) is 0.579. The van der Waals surface area contributed by atoms with Crippen molar-refractivity contribution >= 4 is 23.6 Å². The van der Waals surface area contributed by atoms with Crippen LogP contribution in [0.1, 0.15) is 32.8 Å². The van der Waals surface area contributed by atoms with Gasteiger partial charge < -0.3 is 19.9 Å². The lowest BCUT2D eigenvalue weighted by Gasteiger charge is -2.25. The third-order valence-electron chi connectivity index (χ3n) is 3.46. The normalized spacial score (nSPS) is 11.3. The molecule has 2 amide bonds. The van der Waals surface area contributed by atoms with E-state index in [0.717, 1.165) is 12.1 Å². The molecule has 1 aromatic carbocycles. The Morgan fingerprint density at radius 2 is 1.73 bits per heavy atom. The minimum absolute atomic E-state index is 0.0159. The van der Waals surface area contributed by atoms with E-state index in [-0.39, 0.29) is 18.9 Å². The largest absolute Gasteiger partial charge is 0.444 e. The standard InChI is InChI=1S/C19H30ClN3O3/c1-19(2,3)26-18(25)21-11-10-17(24)23(13-12-22(4)5)14-15-6-8-16(20)9-7-15/h6-9H,10-14H2,1-5H3,(H,21,25). The van der Waals surface area contributed by atoms with Crippen LogP contribution in [0.2, 0.25) is 5.02 Å². The van der Waals surface area contributed by atoms with Crippen molar-refractivity contribution in [1.29, 1.82) is 0 Å². The van der Waals surface area contributed by atoms with Crippen LogP contribution in [0.25, 0.3) is 0 Å². The molecule has 0 unspecified atom stereocenters. The summed E-state index contributed by atoms with van der Waals surface area (Å²) in [7, 11) is 3.93. The summed E-state index contributed by atoms with van der Waals surface area (Å²) in [6, 6.07) is 7.46. The molecular formula is C19H30ClN3O3. The van der Waals surface area contributed by atoms with Crippen LogP contribution in [-0.2, 0) is 16.1 Å². The number of nitrogens with one attached hydrogen (secondary N) is 1. The summed E-state index contributed by atoms with van der Waals surface area (Å²) in [5.41, 5.74) is 0.460. The Hall–Kier alpha value is -1.79. The van der Waals surface area contributed by atoms with Gasteiger partial charge in [-0.3, -0.25) is 4.79 Å². The molecule has 0 saturated carbocycles. The summed E-state index contributed by atoms with van der Waals surface area (Å²) in [6.45, 7) is 7.52. The number of ether oxygens (including phenoxy) is 1. The maximum Gasteiger partial charge on any atom is 0.407 e. The fourth-order valence-electron chi connectivity index (χ4n) is 2.17. The highest BCUT2D eigenvalue weighted by molar-refractivity contribution is 6.30. The van der Waals surface area contributed by atoms with Crippen molar-refractivity contribution in [2.45, 2.75) is 39.3 Å². The maximum atomic E-state index is 12.6. The van der Waals surface area contributed by atoms with Gasteiger partial charge >= 0.3 is 6.09 Å². The van der Waals surface area contributed by atoms with E-state index in [4.69, 9.17) is 16.3 Å². The number of rotatable bonds is 8. The van der Waals surface area contributed by atoms with E-state index < -0.39 is 11.7 Å². The van der Waals surface area contributed by atoms with Crippen LogP contribution in [0, 0.1) is 0 Å². The zero-order valence-electron chi connectivity index (χ0n) is 16.3. The van der Waals surface area contributed by atoms with Crippen LogP contribution >= 0.6 is 11.6 Å². The Labute approximate surface area is 161 Å².